The van der Waals surface area contributed by atoms with Crippen LogP contribution in [0.15, 0.2) is 39.7 Å². The summed E-state index contributed by atoms with van der Waals surface area (Å²) in [6, 6.07) is 12.1. The highest BCUT2D eigenvalue weighted by molar-refractivity contribution is 8.26. The Labute approximate surface area is 190 Å². The molecule has 0 unspecified atom stereocenters. The molecule has 31 heavy (non-hydrogen) atoms. The third-order valence-corrected chi connectivity index (χ3v) is 6.41. The minimum atomic E-state index is -0.169. The van der Waals surface area contributed by atoms with E-state index in [4.69, 9.17) is 21.4 Å². The number of hydrogen-bond donors (Lipinski definition) is 0. The summed E-state index contributed by atoms with van der Waals surface area (Å²) in [5, 5.41) is 9.52. The van der Waals surface area contributed by atoms with E-state index in [1.54, 1.807) is 11.0 Å². The summed E-state index contributed by atoms with van der Waals surface area (Å²) < 4.78 is 12.1. The second-order valence-corrected chi connectivity index (χ2v) is 9.22. The summed E-state index contributed by atoms with van der Waals surface area (Å²) >= 11 is 6.63. The average molecular weight is 455 g/mol. The van der Waals surface area contributed by atoms with E-state index in [1.807, 2.05) is 49.1 Å². The fourth-order valence-corrected chi connectivity index (χ4v) is 4.98. The van der Waals surface area contributed by atoms with Gasteiger partial charge < -0.3 is 14.1 Å². The summed E-state index contributed by atoms with van der Waals surface area (Å²) in [5.74, 6) is 0.468. The first-order valence-corrected chi connectivity index (χ1v) is 11.3. The van der Waals surface area contributed by atoms with Gasteiger partial charge in [0.1, 0.15) is 10.4 Å². The van der Waals surface area contributed by atoms with Crippen LogP contribution in [0.1, 0.15) is 31.0 Å². The Morgan fingerprint density at radius 3 is 2.68 bits per heavy atom. The Bertz CT molecular complexity index is 1050. The number of carbonyl (C=O) groups excluding carboxylic acids is 1. The van der Waals surface area contributed by atoms with Gasteiger partial charge in [0.2, 0.25) is 17.5 Å². The van der Waals surface area contributed by atoms with E-state index in [-0.39, 0.29) is 29.7 Å². The van der Waals surface area contributed by atoms with Crippen LogP contribution in [0.3, 0.4) is 0 Å². The van der Waals surface area contributed by atoms with E-state index >= 15 is 0 Å². The number of ether oxygens (including phenoxy) is 1. The van der Waals surface area contributed by atoms with Crippen LogP contribution < -0.4 is 4.90 Å². The summed E-state index contributed by atoms with van der Waals surface area (Å²) in [6.07, 6.45) is 2.32. The quantitative estimate of drug-likeness (QED) is 0.501. The molecule has 0 bridgehead atoms. The number of aromatic nitrogens is 1. The van der Waals surface area contributed by atoms with E-state index in [1.165, 1.54) is 11.8 Å². The maximum Gasteiger partial charge on any atom is 0.266 e. The predicted molar refractivity (Wildman–Crippen MR) is 123 cm³/mol. The number of carbonyl (C=O) groups is 1. The molecule has 0 aliphatic carbocycles. The number of amides is 1. The van der Waals surface area contributed by atoms with Crippen LogP contribution >= 0.6 is 24.0 Å². The first kappa shape index (κ1) is 21.6. The van der Waals surface area contributed by atoms with E-state index < -0.39 is 0 Å². The van der Waals surface area contributed by atoms with E-state index in [0.717, 1.165) is 12.0 Å². The number of rotatable bonds is 5. The van der Waals surface area contributed by atoms with Gasteiger partial charge in [0, 0.05) is 25.7 Å². The number of morpholine rings is 1. The highest BCUT2D eigenvalue weighted by Crippen LogP contribution is 2.34. The van der Waals surface area contributed by atoms with E-state index in [2.05, 4.69) is 11.1 Å². The predicted octanol–water partition coefficient (Wildman–Crippen LogP) is 3.60. The van der Waals surface area contributed by atoms with Gasteiger partial charge in [-0.1, -0.05) is 54.3 Å². The van der Waals surface area contributed by atoms with Crippen molar-refractivity contribution in [1.29, 1.82) is 5.26 Å². The third-order valence-electron chi connectivity index (χ3n) is 5.03. The van der Waals surface area contributed by atoms with Crippen LogP contribution in [-0.4, -0.2) is 52.0 Å². The van der Waals surface area contributed by atoms with Gasteiger partial charge in [-0.2, -0.15) is 10.2 Å². The highest BCUT2D eigenvalue weighted by atomic mass is 32.2. The molecule has 2 fully saturated rings. The van der Waals surface area contributed by atoms with Crippen LogP contribution in [0.2, 0.25) is 0 Å². The van der Waals surface area contributed by atoms with Crippen molar-refractivity contribution >= 4 is 46.2 Å². The van der Waals surface area contributed by atoms with Crippen LogP contribution in [-0.2, 0) is 16.0 Å². The Kier molecular flexibility index (Phi) is 6.41. The van der Waals surface area contributed by atoms with Gasteiger partial charge in [-0.25, -0.2) is 0 Å². The minimum absolute atomic E-state index is 0.0182. The molecule has 0 radical (unpaired) electrons. The highest BCUT2D eigenvalue weighted by Gasteiger charge is 2.33. The van der Waals surface area contributed by atoms with Crippen LogP contribution in [0.4, 0.5) is 5.88 Å². The van der Waals surface area contributed by atoms with Crippen molar-refractivity contribution in [2.75, 3.05) is 24.5 Å². The van der Waals surface area contributed by atoms with Crippen molar-refractivity contribution in [2.24, 2.45) is 0 Å². The lowest BCUT2D eigenvalue weighted by atomic mass is 10.1. The van der Waals surface area contributed by atoms with Crippen molar-refractivity contribution in [3.05, 3.63) is 52.4 Å². The van der Waals surface area contributed by atoms with Gasteiger partial charge in [-0.3, -0.25) is 9.69 Å². The van der Waals surface area contributed by atoms with Gasteiger partial charge in [-0.15, -0.1) is 0 Å². The lowest BCUT2D eigenvalue weighted by Crippen LogP contribution is -2.45. The van der Waals surface area contributed by atoms with Crippen LogP contribution in [0.25, 0.3) is 6.08 Å². The van der Waals surface area contributed by atoms with Crippen LogP contribution in [0.5, 0.6) is 0 Å². The first-order chi connectivity index (χ1) is 14.9. The molecule has 7 nitrogen and oxygen atoms in total. The van der Waals surface area contributed by atoms with E-state index in [9.17, 15) is 10.1 Å². The molecular formula is C22H22N4O3S2. The van der Waals surface area contributed by atoms with Gasteiger partial charge in [0.25, 0.3) is 5.91 Å². The number of hydrogen-bond acceptors (Lipinski definition) is 8. The molecule has 1 aromatic heterocycles. The van der Waals surface area contributed by atoms with Crippen molar-refractivity contribution in [3.63, 3.8) is 0 Å². The second kappa shape index (κ2) is 9.22. The van der Waals surface area contributed by atoms with Gasteiger partial charge in [-0.05, 0) is 25.8 Å². The molecular weight excluding hydrogens is 432 g/mol. The molecule has 0 spiro atoms. The molecule has 9 heteroatoms. The largest absolute Gasteiger partial charge is 0.420 e. The molecule has 0 saturated carbocycles. The Morgan fingerprint density at radius 1 is 1.29 bits per heavy atom. The number of thiocarbonyl (C=S) groups is 1. The monoisotopic (exact) mass is 454 g/mol. The smallest absolute Gasteiger partial charge is 0.266 e. The molecule has 1 amide bonds. The van der Waals surface area contributed by atoms with Gasteiger partial charge in [0.15, 0.2) is 0 Å². The maximum atomic E-state index is 12.9. The van der Waals surface area contributed by atoms with Crippen LogP contribution in [0, 0.1) is 11.3 Å². The number of nitrogens with zero attached hydrogens (tertiary/aromatic N) is 4. The van der Waals surface area contributed by atoms with Crippen molar-refractivity contribution < 1.29 is 13.9 Å². The lowest BCUT2D eigenvalue weighted by Gasteiger charge is -2.34. The number of anilines is 1. The molecule has 0 N–H and O–H groups in total. The molecule has 3 heterocycles. The number of benzene rings is 1. The van der Waals surface area contributed by atoms with Crippen molar-refractivity contribution in [1.82, 2.24) is 9.88 Å². The average Bonchev–Trinajstić information content (AvgIpc) is 3.27. The summed E-state index contributed by atoms with van der Waals surface area (Å²) in [7, 11) is 0. The standard InChI is InChI=1S/C22H22N4O3S2/c1-14-12-25(13-15(2)28-14)21-17(11-23)24-19(29-21)10-18-20(27)26(22(30)31-18)9-8-16-6-4-3-5-7-16/h3-7,10,14-15H,8-9,12-13H2,1-2H3/b18-10+/t14-,15-/m1/s1. The number of oxazole rings is 1. The molecule has 2 aliphatic heterocycles. The SMILES string of the molecule is C[C@@H]1CN(c2oc(/C=C3/SC(=S)N(CCc4ccccc4)C3=O)nc2C#N)C[C@@H](C)O1. The summed E-state index contributed by atoms with van der Waals surface area (Å²) in [5.41, 5.74) is 1.35. The Morgan fingerprint density at radius 2 is 2.00 bits per heavy atom. The second-order valence-electron chi connectivity index (χ2n) is 7.55. The summed E-state index contributed by atoms with van der Waals surface area (Å²) in [6.45, 7) is 5.68. The molecule has 2 aromatic rings. The summed E-state index contributed by atoms with van der Waals surface area (Å²) in [4.78, 5) is 21.2. The normalized spacial score (nSPS) is 22.9. The zero-order valence-electron chi connectivity index (χ0n) is 17.3. The fraction of sp³-hybridized carbons (Fsp3) is 0.364. The maximum absolute atomic E-state index is 12.9. The topological polar surface area (TPSA) is 82.6 Å². The first-order valence-electron chi connectivity index (χ1n) is 10.0. The Balaban J connectivity index is 1.51. The van der Waals surface area contributed by atoms with Crippen molar-refractivity contribution in [2.45, 2.75) is 32.5 Å². The fourth-order valence-electron chi connectivity index (χ4n) is 3.71. The molecule has 4 rings (SSSR count). The van der Waals surface area contributed by atoms with E-state index in [0.29, 0.717) is 34.7 Å². The van der Waals surface area contributed by atoms with Gasteiger partial charge >= 0.3 is 0 Å². The molecule has 160 valence electrons. The minimum Gasteiger partial charge on any atom is -0.420 e. The number of thioether (sulfide) groups is 1. The lowest BCUT2D eigenvalue weighted by molar-refractivity contribution is -0.122. The zero-order valence-corrected chi connectivity index (χ0v) is 18.9. The Hall–Kier alpha value is -2.67. The molecule has 2 atom stereocenters. The van der Waals surface area contributed by atoms with Crippen molar-refractivity contribution in [3.8, 4) is 6.07 Å². The third kappa shape index (κ3) is 4.82. The van der Waals surface area contributed by atoms with Gasteiger partial charge in [0.05, 0.1) is 17.1 Å². The number of nitriles is 1. The molecule has 1 aromatic carbocycles. The molecule has 2 aliphatic rings. The molecule has 2 saturated heterocycles. The zero-order chi connectivity index (χ0) is 22.0.